The van der Waals surface area contributed by atoms with Crippen LogP contribution in [0, 0.1) is 0 Å². The lowest BCUT2D eigenvalue weighted by Gasteiger charge is -2.14. The standard InChI is InChI=1S/C21H19N3O3/c25-19(11-15-12-22-18-4-2-1-3-17(15)18)23-16-7-5-14(6-8-16)13-24-20(26)9-10-21(24)27/h1-8,12,22H,9-11,13H2,(H,23,25). The molecule has 0 bridgehead atoms. The van der Waals surface area contributed by atoms with Crippen molar-refractivity contribution < 1.29 is 14.4 Å². The van der Waals surface area contributed by atoms with Crippen LogP contribution < -0.4 is 5.32 Å². The Labute approximate surface area is 156 Å². The number of amides is 3. The fraction of sp³-hybridized carbons (Fsp3) is 0.190. The van der Waals surface area contributed by atoms with Gasteiger partial charge in [-0.15, -0.1) is 0 Å². The van der Waals surface area contributed by atoms with Crippen LogP contribution in [0.3, 0.4) is 0 Å². The number of nitrogens with zero attached hydrogens (tertiary/aromatic N) is 1. The molecular weight excluding hydrogens is 342 g/mol. The number of nitrogens with one attached hydrogen (secondary N) is 2. The van der Waals surface area contributed by atoms with Crippen molar-refractivity contribution >= 4 is 34.3 Å². The Hall–Kier alpha value is -3.41. The maximum atomic E-state index is 12.4. The summed E-state index contributed by atoms with van der Waals surface area (Å²) in [6, 6.07) is 15.1. The molecule has 2 N–H and O–H groups in total. The van der Waals surface area contributed by atoms with E-state index in [1.165, 1.54) is 4.90 Å². The summed E-state index contributed by atoms with van der Waals surface area (Å²) >= 11 is 0. The van der Waals surface area contributed by atoms with Gasteiger partial charge in [0.2, 0.25) is 17.7 Å². The number of anilines is 1. The number of carbonyl (C=O) groups excluding carboxylic acids is 3. The fourth-order valence-electron chi connectivity index (χ4n) is 3.33. The number of aromatic nitrogens is 1. The highest BCUT2D eigenvalue weighted by Gasteiger charge is 2.28. The molecule has 0 aliphatic carbocycles. The van der Waals surface area contributed by atoms with Crippen molar-refractivity contribution in [2.75, 3.05) is 5.32 Å². The molecule has 1 aromatic heterocycles. The number of aromatic amines is 1. The van der Waals surface area contributed by atoms with Crippen LogP contribution in [0.25, 0.3) is 10.9 Å². The molecule has 27 heavy (non-hydrogen) atoms. The maximum Gasteiger partial charge on any atom is 0.229 e. The summed E-state index contributed by atoms with van der Waals surface area (Å²) in [6.07, 6.45) is 2.72. The molecule has 0 atom stereocenters. The minimum Gasteiger partial charge on any atom is -0.361 e. The monoisotopic (exact) mass is 361 g/mol. The van der Waals surface area contributed by atoms with E-state index in [0.29, 0.717) is 18.5 Å². The highest BCUT2D eigenvalue weighted by atomic mass is 16.2. The summed E-state index contributed by atoms with van der Waals surface area (Å²) in [7, 11) is 0. The lowest BCUT2D eigenvalue weighted by molar-refractivity contribution is -0.139. The maximum absolute atomic E-state index is 12.4. The second-order valence-corrected chi connectivity index (χ2v) is 6.65. The minimum absolute atomic E-state index is 0.0996. The normalized spacial score (nSPS) is 14.1. The number of imide groups is 1. The van der Waals surface area contributed by atoms with Gasteiger partial charge in [-0.1, -0.05) is 30.3 Å². The molecule has 2 heterocycles. The van der Waals surface area contributed by atoms with Crippen molar-refractivity contribution in [2.45, 2.75) is 25.8 Å². The van der Waals surface area contributed by atoms with Gasteiger partial charge in [-0.25, -0.2) is 0 Å². The van der Waals surface area contributed by atoms with Gasteiger partial charge in [0.15, 0.2) is 0 Å². The average molecular weight is 361 g/mol. The zero-order chi connectivity index (χ0) is 18.8. The van der Waals surface area contributed by atoms with Gasteiger partial charge in [-0.05, 0) is 29.3 Å². The summed E-state index contributed by atoms with van der Waals surface area (Å²) < 4.78 is 0. The molecule has 2 aromatic carbocycles. The van der Waals surface area contributed by atoms with Crippen molar-refractivity contribution in [1.82, 2.24) is 9.88 Å². The number of hydrogen-bond acceptors (Lipinski definition) is 3. The second kappa shape index (κ2) is 7.07. The van der Waals surface area contributed by atoms with Gasteiger partial charge in [0.05, 0.1) is 13.0 Å². The van der Waals surface area contributed by atoms with Crippen LogP contribution in [0.15, 0.2) is 54.7 Å². The Balaban J connectivity index is 1.38. The quantitative estimate of drug-likeness (QED) is 0.686. The highest BCUT2D eigenvalue weighted by Crippen LogP contribution is 2.20. The largest absolute Gasteiger partial charge is 0.361 e. The lowest BCUT2D eigenvalue weighted by atomic mass is 10.1. The molecule has 1 fully saturated rings. The number of likely N-dealkylation sites (tertiary alicyclic amines) is 1. The van der Waals surface area contributed by atoms with Crippen LogP contribution in [0.1, 0.15) is 24.0 Å². The number of rotatable bonds is 5. The molecule has 0 saturated carbocycles. The van der Waals surface area contributed by atoms with Gasteiger partial charge in [0, 0.05) is 35.6 Å². The smallest absolute Gasteiger partial charge is 0.229 e. The van der Waals surface area contributed by atoms with Gasteiger partial charge in [0.25, 0.3) is 0 Å². The average Bonchev–Trinajstić information content (AvgIpc) is 3.21. The van der Waals surface area contributed by atoms with Gasteiger partial charge >= 0.3 is 0 Å². The lowest BCUT2D eigenvalue weighted by Crippen LogP contribution is -2.28. The van der Waals surface area contributed by atoms with Crippen LogP contribution in [-0.4, -0.2) is 27.6 Å². The third kappa shape index (κ3) is 3.60. The van der Waals surface area contributed by atoms with Crippen molar-refractivity contribution in [3.8, 4) is 0 Å². The Morgan fingerprint density at radius 2 is 1.70 bits per heavy atom. The molecule has 6 heteroatoms. The number of fused-ring (bicyclic) bond motifs is 1. The summed E-state index contributed by atoms with van der Waals surface area (Å²) in [5.41, 5.74) is 3.50. The third-order valence-electron chi connectivity index (χ3n) is 4.76. The van der Waals surface area contributed by atoms with E-state index in [1.54, 1.807) is 12.1 Å². The van der Waals surface area contributed by atoms with E-state index in [1.807, 2.05) is 42.6 Å². The molecule has 0 spiro atoms. The van der Waals surface area contributed by atoms with Gasteiger partial charge in [0.1, 0.15) is 0 Å². The number of carbonyl (C=O) groups is 3. The first-order valence-corrected chi connectivity index (χ1v) is 8.87. The van der Waals surface area contributed by atoms with E-state index in [9.17, 15) is 14.4 Å². The zero-order valence-electron chi connectivity index (χ0n) is 14.7. The van der Waals surface area contributed by atoms with Crippen LogP contribution in [0.4, 0.5) is 5.69 Å². The Morgan fingerprint density at radius 3 is 2.44 bits per heavy atom. The summed E-state index contributed by atoms with van der Waals surface area (Å²) in [6.45, 7) is 0.279. The number of H-pyrrole nitrogens is 1. The van der Waals surface area contributed by atoms with E-state index in [4.69, 9.17) is 0 Å². The summed E-state index contributed by atoms with van der Waals surface area (Å²) in [5.74, 6) is -0.357. The summed E-state index contributed by atoms with van der Waals surface area (Å²) in [4.78, 5) is 40.2. The van der Waals surface area contributed by atoms with Crippen LogP contribution >= 0.6 is 0 Å². The van der Waals surface area contributed by atoms with Gasteiger partial charge in [-0.3, -0.25) is 19.3 Å². The molecule has 3 amide bonds. The molecule has 4 rings (SSSR count). The minimum atomic E-state index is -0.129. The van der Waals surface area contributed by atoms with Crippen LogP contribution in [-0.2, 0) is 27.3 Å². The molecule has 3 aromatic rings. The first-order valence-electron chi connectivity index (χ1n) is 8.87. The van der Waals surface area contributed by atoms with E-state index in [2.05, 4.69) is 10.3 Å². The third-order valence-corrected chi connectivity index (χ3v) is 4.76. The molecular formula is C21H19N3O3. The van der Waals surface area contributed by atoms with E-state index < -0.39 is 0 Å². The predicted molar refractivity (Wildman–Crippen MR) is 102 cm³/mol. The Bertz CT molecular complexity index is 1000. The molecule has 0 radical (unpaired) electrons. The SMILES string of the molecule is O=C(Cc1c[nH]c2ccccc12)Nc1ccc(CN2C(=O)CCC2=O)cc1. The van der Waals surface area contributed by atoms with Crippen molar-refractivity contribution in [2.24, 2.45) is 0 Å². The Kier molecular flexibility index (Phi) is 4.46. The first kappa shape index (κ1) is 17.0. The number of hydrogen-bond donors (Lipinski definition) is 2. The molecule has 1 saturated heterocycles. The van der Waals surface area contributed by atoms with Crippen molar-refractivity contribution in [3.05, 3.63) is 65.9 Å². The molecule has 1 aliphatic rings. The molecule has 1 aliphatic heterocycles. The van der Waals surface area contributed by atoms with Gasteiger partial charge < -0.3 is 10.3 Å². The second-order valence-electron chi connectivity index (χ2n) is 6.65. The number of benzene rings is 2. The van der Waals surface area contributed by atoms with Crippen molar-refractivity contribution in [3.63, 3.8) is 0 Å². The topological polar surface area (TPSA) is 82.3 Å². The van der Waals surface area contributed by atoms with E-state index in [0.717, 1.165) is 22.0 Å². The van der Waals surface area contributed by atoms with Gasteiger partial charge in [-0.2, -0.15) is 0 Å². The molecule has 136 valence electrons. The number of para-hydroxylation sites is 1. The fourth-order valence-corrected chi connectivity index (χ4v) is 3.33. The molecule has 0 unspecified atom stereocenters. The van der Waals surface area contributed by atoms with Crippen LogP contribution in [0.2, 0.25) is 0 Å². The predicted octanol–water partition coefficient (Wildman–Crippen LogP) is 3.00. The Morgan fingerprint density at radius 1 is 1.00 bits per heavy atom. The zero-order valence-corrected chi connectivity index (χ0v) is 14.7. The van der Waals surface area contributed by atoms with Crippen LogP contribution in [0.5, 0.6) is 0 Å². The summed E-state index contributed by atoms with van der Waals surface area (Å²) in [5, 5.41) is 3.93. The highest BCUT2D eigenvalue weighted by molar-refractivity contribution is 6.01. The van der Waals surface area contributed by atoms with E-state index >= 15 is 0 Å². The van der Waals surface area contributed by atoms with E-state index in [-0.39, 0.29) is 30.7 Å². The van der Waals surface area contributed by atoms with Crippen molar-refractivity contribution in [1.29, 1.82) is 0 Å². The first-order chi connectivity index (χ1) is 13.1. The molecule has 6 nitrogen and oxygen atoms in total.